The predicted octanol–water partition coefficient (Wildman–Crippen LogP) is 5.71. The minimum absolute atomic E-state index is 0.0132. The molecule has 0 radical (unpaired) electrons. The van der Waals surface area contributed by atoms with Crippen molar-refractivity contribution in [2.75, 3.05) is 0 Å². The van der Waals surface area contributed by atoms with E-state index in [0.717, 1.165) is 49.1 Å². The molecule has 5 nitrogen and oxygen atoms in total. The number of halogens is 3. The van der Waals surface area contributed by atoms with E-state index >= 15 is 0 Å². The summed E-state index contributed by atoms with van der Waals surface area (Å²) >= 11 is 6.17. The zero-order valence-corrected chi connectivity index (χ0v) is 19.7. The molecule has 1 aliphatic rings. The quantitative estimate of drug-likeness (QED) is 0.368. The third kappa shape index (κ3) is 5.74. The number of hydrogen-bond acceptors (Lipinski definition) is 4. The van der Waals surface area contributed by atoms with Gasteiger partial charge in [-0.1, -0.05) is 30.2 Å². The van der Waals surface area contributed by atoms with Gasteiger partial charge in [0.05, 0.1) is 0 Å². The Morgan fingerprint density at radius 3 is 2.15 bits per heavy atom. The normalized spacial score (nSPS) is 13.9. The molecule has 0 spiro atoms. The number of rotatable bonds is 8. The molecular formula is C25H22ClF2NO4S. The van der Waals surface area contributed by atoms with Gasteiger partial charge in [-0.2, -0.15) is 8.42 Å². The van der Waals surface area contributed by atoms with E-state index in [1.54, 1.807) is 23.1 Å². The molecule has 0 N–H and O–H groups in total. The third-order valence-corrected chi connectivity index (χ3v) is 7.22. The second kappa shape index (κ2) is 10.1. The van der Waals surface area contributed by atoms with Crippen molar-refractivity contribution in [3.8, 4) is 5.75 Å². The molecule has 1 aliphatic carbocycles. The van der Waals surface area contributed by atoms with Crippen LogP contribution in [0.5, 0.6) is 5.75 Å². The van der Waals surface area contributed by atoms with Gasteiger partial charge in [-0.3, -0.25) is 4.79 Å². The Morgan fingerprint density at radius 1 is 0.941 bits per heavy atom. The SMILES string of the molecule is O=C(C1CCC1)N(Cc1ccc(F)cc1)Cc1cc(Cl)ccc1OS(=O)(=O)c1ccc(F)cc1. The summed E-state index contributed by atoms with van der Waals surface area (Å²) in [6, 6.07) is 14.6. The van der Waals surface area contributed by atoms with Crippen LogP contribution < -0.4 is 4.18 Å². The van der Waals surface area contributed by atoms with Gasteiger partial charge in [0.25, 0.3) is 0 Å². The Morgan fingerprint density at radius 2 is 1.56 bits per heavy atom. The summed E-state index contributed by atoms with van der Waals surface area (Å²) in [7, 11) is -4.25. The van der Waals surface area contributed by atoms with Crippen molar-refractivity contribution in [1.82, 2.24) is 4.90 Å². The Kier molecular flexibility index (Phi) is 7.19. The molecule has 34 heavy (non-hydrogen) atoms. The first-order valence-corrected chi connectivity index (χ1v) is 12.5. The van der Waals surface area contributed by atoms with E-state index in [4.69, 9.17) is 15.8 Å². The average molecular weight is 506 g/mol. The molecule has 4 rings (SSSR count). The topological polar surface area (TPSA) is 63.7 Å². The minimum atomic E-state index is -4.25. The third-order valence-electron chi connectivity index (χ3n) is 5.74. The molecule has 1 fully saturated rings. The Hall–Kier alpha value is -2.97. The lowest BCUT2D eigenvalue weighted by Gasteiger charge is -2.32. The molecule has 1 amide bonds. The lowest BCUT2D eigenvalue weighted by Crippen LogP contribution is -2.38. The molecule has 0 aromatic heterocycles. The van der Waals surface area contributed by atoms with Crippen LogP contribution in [0.3, 0.4) is 0 Å². The largest absolute Gasteiger partial charge is 0.379 e. The molecule has 3 aromatic carbocycles. The lowest BCUT2D eigenvalue weighted by atomic mass is 9.84. The maximum Gasteiger partial charge on any atom is 0.339 e. The highest BCUT2D eigenvalue weighted by Crippen LogP contribution is 2.32. The zero-order valence-electron chi connectivity index (χ0n) is 18.1. The first kappa shape index (κ1) is 24.2. The Bertz CT molecular complexity index is 1280. The van der Waals surface area contributed by atoms with Crippen LogP contribution in [0, 0.1) is 17.6 Å². The first-order valence-electron chi connectivity index (χ1n) is 10.7. The van der Waals surface area contributed by atoms with Gasteiger partial charge in [-0.15, -0.1) is 0 Å². The standard InChI is InChI=1S/C25H22ClF2NO4S/c26-20-6-13-24(33-34(31,32)23-11-9-22(28)10-12-23)19(14-20)16-29(25(30)18-2-1-3-18)15-17-4-7-21(27)8-5-17/h4-14,18H,1-3,15-16H2. The lowest BCUT2D eigenvalue weighted by molar-refractivity contribution is -0.139. The minimum Gasteiger partial charge on any atom is -0.379 e. The van der Waals surface area contributed by atoms with Gasteiger partial charge in [-0.05, 0) is 73.0 Å². The second-order valence-corrected chi connectivity index (χ2v) is 10.2. The molecular weight excluding hydrogens is 484 g/mol. The van der Waals surface area contributed by atoms with Crippen molar-refractivity contribution >= 4 is 27.6 Å². The van der Waals surface area contributed by atoms with Gasteiger partial charge in [0, 0.05) is 29.6 Å². The number of carbonyl (C=O) groups is 1. The van der Waals surface area contributed by atoms with E-state index in [9.17, 15) is 22.0 Å². The van der Waals surface area contributed by atoms with Gasteiger partial charge in [0.1, 0.15) is 22.3 Å². The van der Waals surface area contributed by atoms with E-state index in [2.05, 4.69) is 0 Å². The van der Waals surface area contributed by atoms with E-state index in [0.29, 0.717) is 10.6 Å². The molecule has 178 valence electrons. The van der Waals surface area contributed by atoms with Crippen LogP contribution in [-0.2, 0) is 28.0 Å². The maximum atomic E-state index is 13.3. The molecule has 0 unspecified atom stereocenters. The summed E-state index contributed by atoms with van der Waals surface area (Å²) in [5.41, 5.74) is 1.13. The highest BCUT2D eigenvalue weighted by atomic mass is 35.5. The molecule has 0 aliphatic heterocycles. The highest BCUT2D eigenvalue weighted by Gasteiger charge is 2.30. The van der Waals surface area contributed by atoms with Crippen molar-refractivity contribution < 1.29 is 26.2 Å². The Labute approximate surface area is 202 Å². The molecule has 3 aromatic rings. The fourth-order valence-corrected chi connectivity index (χ4v) is 4.82. The maximum absolute atomic E-state index is 13.3. The van der Waals surface area contributed by atoms with Crippen molar-refractivity contribution in [2.45, 2.75) is 37.2 Å². The number of amides is 1. The van der Waals surface area contributed by atoms with Crippen molar-refractivity contribution in [3.05, 3.63) is 94.5 Å². The summed E-state index contributed by atoms with van der Waals surface area (Å²) in [5, 5.41) is 0.347. The van der Waals surface area contributed by atoms with Crippen LogP contribution >= 0.6 is 11.6 Å². The van der Waals surface area contributed by atoms with Crippen LogP contribution in [-0.4, -0.2) is 19.2 Å². The van der Waals surface area contributed by atoms with Gasteiger partial charge in [0.2, 0.25) is 5.91 Å². The molecule has 1 saturated carbocycles. The highest BCUT2D eigenvalue weighted by molar-refractivity contribution is 7.87. The van der Waals surface area contributed by atoms with Gasteiger partial charge in [0.15, 0.2) is 0 Å². The smallest absolute Gasteiger partial charge is 0.339 e. The molecule has 0 heterocycles. The second-order valence-electron chi connectivity index (χ2n) is 8.19. The number of benzene rings is 3. The van der Waals surface area contributed by atoms with Crippen LogP contribution in [0.15, 0.2) is 71.6 Å². The van der Waals surface area contributed by atoms with E-state index < -0.39 is 15.9 Å². The fourth-order valence-electron chi connectivity index (χ4n) is 3.66. The van der Waals surface area contributed by atoms with E-state index in [-0.39, 0.29) is 41.4 Å². The van der Waals surface area contributed by atoms with Crippen LogP contribution in [0.4, 0.5) is 8.78 Å². The van der Waals surface area contributed by atoms with Crippen molar-refractivity contribution in [1.29, 1.82) is 0 Å². The van der Waals surface area contributed by atoms with Gasteiger partial charge < -0.3 is 9.08 Å². The monoisotopic (exact) mass is 505 g/mol. The van der Waals surface area contributed by atoms with Crippen LogP contribution in [0.1, 0.15) is 30.4 Å². The molecule has 0 atom stereocenters. The first-order chi connectivity index (χ1) is 16.2. The van der Waals surface area contributed by atoms with Gasteiger partial charge in [-0.25, -0.2) is 8.78 Å². The van der Waals surface area contributed by atoms with Gasteiger partial charge >= 0.3 is 10.1 Å². The Balaban J connectivity index is 1.63. The summed E-state index contributed by atoms with van der Waals surface area (Å²) in [4.78, 5) is 14.6. The number of hydrogen-bond donors (Lipinski definition) is 0. The summed E-state index contributed by atoms with van der Waals surface area (Å²) in [5.74, 6) is -1.11. The molecule has 0 bridgehead atoms. The van der Waals surface area contributed by atoms with Crippen LogP contribution in [0.2, 0.25) is 5.02 Å². The summed E-state index contributed by atoms with van der Waals surface area (Å²) in [6.45, 7) is 0.258. The average Bonchev–Trinajstić information content (AvgIpc) is 2.75. The number of nitrogens with zero attached hydrogens (tertiary/aromatic N) is 1. The van der Waals surface area contributed by atoms with Crippen molar-refractivity contribution in [2.24, 2.45) is 5.92 Å². The summed E-state index contributed by atoms with van der Waals surface area (Å²) < 4.78 is 57.5. The fraction of sp³-hybridized carbons (Fsp3) is 0.240. The van der Waals surface area contributed by atoms with Crippen molar-refractivity contribution in [3.63, 3.8) is 0 Å². The van der Waals surface area contributed by atoms with E-state index in [1.807, 2.05) is 0 Å². The van der Waals surface area contributed by atoms with Crippen LogP contribution in [0.25, 0.3) is 0 Å². The summed E-state index contributed by atoms with van der Waals surface area (Å²) in [6.07, 6.45) is 2.55. The number of carbonyl (C=O) groups excluding carboxylic acids is 1. The molecule has 0 saturated heterocycles. The zero-order chi connectivity index (χ0) is 24.3. The van der Waals surface area contributed by atoms with E-state index in [1.165, 1.54) is 24.3 Å². The molecule has 9 heteroatoms. The predicted molar refractivity (Wildman–Crippen MR) is 124 cm³/mol.